The molecule has 7 nitrogen and oxygen atoms in total. The van der Waals surface area contributed by atoms with Crippen molar-refractivity contribution in [1.29, 1.82) is 0 Å². The maximum atomic E-state index is 14.1. The second-order valence-corrected chi connectivity index (χ2v) is 8.24. The van der Waals surface area contributed by atoms with Crippen LogP contribution in [0.2, 0.25) is 5.02 Å². The predicted molar refractivity (Wildman–Crippen MR) is 108 cm³/mol. The van der Waals surface area contributed by atoms with Crippen molar-refractivity contribution in [2.75, 3.05) is 31.1 Å². The summed E-state index contributed by atoms with van der Waals surface area (Å²) in [4.78, 5) is 23.7. The molecule has 1 amide bonds. The third-order valence-electron chi connectivity index (χ3n) is 4.29. The van der Waals surface area contributed by atoms with Gasteiger partial charge in [-0.3, -0.25) is 0 Å². The number of carbonyl (C=O) groups is 1. The second-order valence-electron chi connectivity index (χ2n) is 7.80. The van der Waals surface area contributed by atoms with E-state index in [1.807, 2.05) is 25.7 Å². The molecule has 0 atom stereocenters. The molecular weight excluding hydrogens is 418 g/mol. The lowest BCUT2D eigenvalue weighted by Gasteiger charge is -2.35. The SMILES string of the molecule is CC(C)(C)OC(=O)N1CCN(c2ncc(F)c(OCc3ccc(Cl)cc3F)n2)CC1. The third-order valence-corrected chi connectivity index (χ3v) is 4.53. The molecule has 1 fully saturated rings. The lowest BCUT2D eigenvalue weighted by Crippen LogP contribution is -2.50. The van der Waals surface area contributed by atoms with E-state index < -0.39 is 17.2 Å². The fourth-order valence-electron chi connectivity index (χ4n) is 2.80. The van der Waals surface area contributed by atoms with E-state index in [1.165, 1.54) is 12.1 Å². The molecule has 0 N–H and O–H groups in total. The average molecular weight is 441 g/mol. The molecule has 1 aromatic carbocycles. The highest BCUT2D eigenvalue weighted by Crippen LogP contribution is 2.21. The van der Waals surface area contributed by atoms with E-state index in [0.717, 1.165) is 12.3 Å². The molecule has 10 heteroatoms. The van der Waals surface area contributed by atoms with E-state index in [4.69, 9.17) is 21.1 Å². The molecule has 1 aliphatic rings. The number of piperazine rings is 1. The molecule has 1 aliphatic heterocycles. The molecule has 0 aliphatic carbocycles. The van der Waals surface area contributed by atoms with Crippen molar-refractivity contribution in [2.24, 2.45) is 0 Å². The van der Waals surface area contributed by atoms with Crippen LogP contribution in [-0.2, 0) is 11.3 Å². The molecule has 162 valence electrons. The summed E-state index contributed by atoms with van der Waals surface area (Å²) >= 11 is 5.73. The number of benzene rings is 1. The van der Waals surface area contributed by atoms with E-state index in [9.17, 15) is 13.6 Å². The number of hydrogen-bond acceptors (Lipinski definition) is 6. The van der Waals surface area contributed by atoms with Crippen molar-refractivity contribution < 1.29 is 23.0 Å². The fourth-order valence-corrected chi connectivity index (χ4v) is 2.96. The Morgan fingerprint density at radius 1 is 1.17 bits per heavy atom. The Hall–Kier alpha value is -2.68. The minimum Gasteiger partial charge on any atom is -0.470 e. The number of ether oxygens (including phenoxy) is 2. The van der Waals surface area contributed by atoms with Crippen LogP contribution >= 0.6 is 11.6 Å². The summed E-state index contributed by atoms with van der Waals surface area (Å²) in [5, 5.41) is 0.261. The van der Waals surface area contributed by atoms with Gasteiger partial charge < -0.3 is 19.3 Å². The van der Waals surface area contributed by atoms with Crippen molar-refractivity contribution in [3.8, 4) is 5.88 Å². The van der Waals surface area contributed by atoms with Crippen LogP contribution in [-0.4, -0.2) is 52.7 Å². The second kappa shape index (κ2) is 8.99. The molecule has 1 saturated heterocycles. The number of nitrogens with zero attached hydrogens (tertiary/aromatic N) is 4. The number of aromatic nitrogens is 2. The molecule has 0 radical (unpaired) electrons. The van der Waals surface area contributed by atoms with Crippen LogP contribution in [0.4, 0.5) is 19.5 Å². The van der Waals surface area contributed by atoms with Crippen LogP contribution in [0.1, 0.15) is 26.3 Å². The smallest absolute Gasteiger partial charge is 0.410 e. The number of rotatable bonds is 4. The van der Waals surface area contributed by atoms with Crippen LogP contribution in [0.25, 0.3) is 0 Å². The van der Waals surface area contributed by atoms with Gasteiger partial charge in [-0.1, -0.05) is 17.7 Å². The van der Waals surface area contributed by atoms with E-state index in [1.54, 1.807) is 4.90 Å². The van der Waals surface area contributed by atoms with Crippen molar-refractivity contribution in [1.82, 2.24) is 14.9 Å². The van der Waals surface area contributed by atoms with Gasteiger partial charge in [0.25, 0.3) is 5.88 Å². The Kier molecular flexibility index (Phi) is 6.60. The van der Waals surface area contributed by atoms with E-state index in [0.29, 0.717) is 26.2 Å². The van der Waals surface area contributed by atoms with Crippen LogP contribution in [0.5, 0.6) is 5.88 Å². The Morgan fingerprint density at radius 3 is 2.50 bits per heavy atom. The summed E-state index contributed by atoms with van der Waals surface area (Å²) < 4.78 is 38.7. The number of carbonyl (C=O) groups excluding carboxylic acids is 1. The summed E-state index contributed by atoms with van der Waals surface area (Å²) in [5.41, 5.74) is -0.339. The molecule has 2 heterocycles. The minimum atomic E-state index is -0.750. The number of amides is 1. The zero-order chi connectivity index (χ0) is 21.9. The van der Waals surface area contributed by atoms with Gasteiger partial charge in [-0.15, -0.1) is 0 Å². The largest absolute Gasteiger partial charge is 0.470 e. The van der Waals surface area contributed by atoms with Gasteiger partial charge in [-0.2, -0.15) is 9.37 Å². The Labute approximate surface area is 178 Å². The van der Waals surface area contributed by atoms with Crippen molar-refractivity contribution in [2.45, 2.75) is 33.0 Å². The molecular formula is C20H23ClF2N4O3. The first-order valence-corrected chi connectivity index (χ1v) is 9.82. The summed E-state index contributed by atoms with van der Waals surface area (Å²) in [6.07, 6.45) is 0.632. The lowest BCUT2D eigenvalue weighted by molar-refractivity contribution is 0.0240. The number of halogens is 3. The van der Waals surface area contributed by atoms with Crippen LogP contribution < -0.4 is 9.64 Å². The first kappa shape index (κ1) is 22.0. The molecule has 0 unspecified atom stereocenters. The maximum Gasteiger partial charge on any atom is 0.410 e. The van der Waals surface area contributed by atoms with Crippen LogP contribution in [0.3, 0.4) is 0 Å². The van der Waals surface area contributed by atoms with Crippen LogP contribution in [0, 0.1) is 11.6 Å². The topological polar surface area (TPSA) is 67.8 Å². The fraction of sp³-hybridized carbons (Fsp3) is 0.450. The molecule has 2 aromatic rings. The quantitative estimate of drug-likeness (QED) is 0.714. The van der Waals surface area contributed by atoms with Gasteiger partial charge in [0.15, 0.2) is 0 Å². The summed E-state index contributed by atoms with van der Waals surface area (Å²) in [6.45, 7) is 6.97. The maximum absolute atomic E-state index is 14.1. The molecule has 3 rings (SSSR count). The van der Waals surface area contributed by atoms with E-state index >= 15 is 0 Å². The molecule has 0 spiro atoms. The molecule has 0 saturated carbocycles. The van der Waals surface area contributed by atoms with Crippen molar-refractivity contribution in [3.63, 3.8) is 0 Å². The van der Waals surface area contributed by atoms with Gasteiger partial charge in [-0.25, -0.2) is 14.2 Å². The first-order valence-electron chi connectivity index (χ1n) is 9.44. The lowest BCUT2D eigenvalue weighted by atomic mass is 10.2. The van der Waals surface area contributed by atoms with Crippen molar-refractivity contribution in [3.05, 3.63) is 46.6 Å². The molecule has 30 heavy (non-hydrogen) atoms. The number of anilines is 1. The molecule has 1 aromatic heterocycles. The average Bonchev–Trinajstić information content (AvgIpc) is 2.67. The summed E-state index contributed by atoms with van der Waals surface area (Å²) in [7, 11) is 0. The van der Waals surface area contributed by atoms with Crippen molar-refractivity contribution >= 4 is 23.6 Å². The predicted octanol–water partition coefficient (Wildman–Crippen LogP) is 4.04. The first-order chi connectivity index (χ1) is 14.1. The Morgan fingerprint density at radius 2 is 1.87 bits per heavy atom. The van der Waals surface area contributed by atoms with Gasteiger partial charge in [-0.05, 0) is 32.9 Å². The van der Waals surface area contributed by atoms with Gasteiger partial charge in [0.1, 0.15) is 18.0 Å². The highest BCUT2D eigenvalue weighted by molar-refractivity contribution is 6.30. The van der Waals surface area contributed by atoms with Gasteiger partial charge in [0, 0.05) is 36.8 Å². The van der Waals surface area contributed by atoms with Gasteiger partial charge in [0.2, 0.25) is 11.8 Å². The zero-order valence-electron chi connectivity index (χ0n) is 17.0. The zero-order valence-corrected chi connectivity index (χ0v) is 17.7. The number of hydrogen-bond donors (Lipinski definition) is 0. The normalized spacial score (nSPS) is 14.6. The third kappa shape index (κ3) is 5.69. The summed E-state index contributed by atoms with van der Waals surface area (Å²) in [5.74, 6) is -1.30. The van der Waals surface area contributed by atoms with E-state index in [-0.39, 0.29) is 35.1 Å². The Balaban J connectivity index is 1.62. The van der Waals surface area contributed by atoms with Gasteiger partial charge >= 0.3 is 6.09 Å². The van der Waals surface area contributed by atoms with Gasteiger partial charge in [0.05, 0.1) is 6.20 Å². The monoisotopic (exact) mass is 440 g/mol. The molecule has 0 bridgehead atoms. The van der Waals surface area contributed by atoms with E-state index in [2.05, 4.69) is 9.97 Å². The Bertz CT molecular complexity index is 915. The van der Waals surface area contributed by atoms with Crippen LogP contribution in [0.15, 0.2) is 24.4 Å². The highest BCUT2D eigenvalue weighted by atomic mass is 35.5. The minimum absolute atomic E-state index is 0.206. The highest BCUT2D eigenvalue weighted by Gasteiger charge is 2.27. The summed E-state index contributed by atoms with van der Waals surface area (Å²) in [6, 6.07) is 4.15. The standard InChI is InChI=1S/C20H23ClF2N4O3/c1-20(2,3)30-19(28)27-8-6-26(7-9-27)18-24-11-16(23)17(25-18)29-12-13-4-5-14(21)10-15(13)22/h4-5,10-11H,6-9,12H2,1-3H3.